The molecule has 0 radical (unpaired) electrons. The van der Waals surface area contributed by atoms with Crippen LogP contribution < -0.4 is 5.32 Å². The highest BCUT2D eigenvalue weighted by Gasteiger charge is 1.80. The third kappa shape index (κ3) is 9.70. The van der Waals surface area contributed by atoms with Gasteiger partial charge >= 0.3 is 0 Å². The molecule has 11 heavy (non-hydrogen) atoms. The Balaban J connectivity index is 2.89. The molecule has 0 aromatic carbocycles. The Bertz CT molecular complexity index is 86.9. The summed E-state index contributed by atoms with van der Waals surface area (Å²) in [6, 6.07) is 0. The van der Waals surface area contributed by atoms with Crippen LogP contribution >= 0.6 is 0 Å². The van der Waals surface area contributed by atoms with Crippen molar-refractivity contribution in [2.45, 2.75) is 39.5 Å². The quantitative estimate of drug-likeness (QED) is 0.440. The molecule has 0 rings (SSSR count). The molecule has 0 atom stereocenters. The van der Waals surface area contributed by atoms with Gasteiger partial charge in [-0.05, 0) is 32.4 Å². The van der Waals surface area contributed by atoms with Crippen LogP contribution in [0.2, 0.25) is 0 Å². The van der Waals surface area contributed by atoms with Crippen LogP contribution in [0.3, 0.4) is 0 Å². The first kappa shape index (κ1) is 10.7. The summed E-state index contributed by atoms with van der Waals surface area (Å²) < 4.78 is 0. The molecular formula is C10H21N. The van der Waals surface area contributed by atoms with Crippen LogP contribution in [-0.4, -0.2) is 13.1 Å². The summed E-state index contributed by atoms with van der Waals surface area (Å²) >= 11 is 0. The van der Waals surface area contributed by atoms with E-state index in [1.165, 1.54) is 25.7 Å². The first-order valence-electron chi connectivity index (χ1n) is 4.77. The van der Waals surface area contributed by atoms with Gasteiger partial charge in [-0.25, -0.2) is 0 Å². The van der Waals surface area contributed by atoms with Gasteiger partial charge in [0, 0.05) is 0 Å². The number of hydrogen-bond donors (Lipinski definition) is 1. The average molecular weight is 155 g/mol. The van der Waals surface area contributed by atoms with Crippen molar-refractivity contribution in [2.75, 3.05) is 13.1 Å². The van der Waals surface area contributed by atoms with E-state index in [9.17, 15) is 0 Å². The molecule has 0 aromatic rings. The zero-order chi connectivity index (χ0) is 8.36. The Morgan fingerprint density at radius 3 is 2.27 bits per heavy atom. The number of unbranched alkanes of at least 4 members (excludes halogenated alkanes) is 1. The van der Waals surface area contributed by atoms with Crippen molar-refractivity contribution in [3.63, 3.8) is 0 Å². The Morgan fingerprint density at radius 1 is 0.909 bits per heavy atom. The van der Waals surface area contributed by atoms with Gasteiger partial charge in [-0.15, -0.1) is 0 Å². The van der Waals surface area contributed by atoms with Gasteiger partial charge in [0.1, 0.15) is 0 Å². The maximum Gasteiger partial charge on any atom is -0.00143 e. The lowest BCUT2D eigenvalue weighted by Crippen LogP contribution is -2.14. The van der Waals surface area contributed by atoms with E-state index in [4.69, 9.17) is 0 Å². The Hall–Kier alpha value is -0.300. The van der Waals surface area contributed by atoms with E-state index in [1.807, 2.05) is 0 Å². The molecule has 0 saturated carbocycles. The molecule has 0 saturated heterocycles. The van der Waals surface area contributed by atoms with Gasteiger partial charge in [-0.2, -0.15) is 0 Å². The van der Waals surface area contributed by atoms with Gasteiger partial charge in [0.05, 0.1) is 0 Å². The predicted octanol–water partition coefficient (Wildman–Crippen LogP) is 2.73. The zero-order valence-corrected chi connectivity index (χ0v) is 7.90. The summed E-state index contributed by atoms with van der Waals surface area (Å²) in [6.07, 6.45) is 9.45. The third-order valence-corrected chi connectivity index (χ3v) is 1.54. The van der Waals surface area contributed by atoms with Crippen LogP contribution in [0.25, 0.3) is 0 Å². The highest BCUT2D eigenvalue weighted by molar-refractivity contribution is 4.81. The lowest BCUT2D eigenvalue weighted by atomic mass is 10.3. The maximum absolute atomic E-state index is 3.36. The minimum Gasteiger partial charge on any atom is -0.316 e. The monoisotopic (exact) mass is 155 g/mol. The van der Waals surface area contributed by atoms with Crippen molar-refractivity contribution in [3.8, 4) is 0 Å². The second-order valence-electron chi connectivity index (χ2n) is 2.80. The first-order chi connectivity index (χ1) is 5.41. The number of rotatable bonds is 7. The van der Waals surface area contributed by atoms with Crippen molar-refractivity contribution in [1.82, 2.24) is 5.32 Å². The molecule has 0 aliphatic rings. The highest BCUT2D eigenvalue weighted by Crippen LogP contribution is 1.89. The van der Waals surface area contributed by atoms with Gasteiger partial charge in [0.15, 0.2) is 0 Å². The van der Waals surface area contributed by atoms with Crippen LogP contribution in [0.4, 0.5) is 0 Å². The van der Waals surface area contributed by atoms with Gasteiger partial charge in [-0.3, -0.25) is 0 Å². The van der Waals surface area contributed by atoms with Gasteiger partial charge < -0.3 is 5.32 Å². The molecule has 1 N–H and O–H groups in total. The summed E-state index contributed by atoms with van der Waals surface area (Å²) in [5, 5.41) is 3.36. The maximum atomic E-state index is 3.36. The average Bonchev–Trinajstić information content (AvgIpc) is 2.03. The lowest BCUT2D eigenvalue weighted by molar-refractivity contribution is 0.677. The molecule has 1 heteroatoms. The molecular weight excluding hydrogens is 134 g/mol. The van der Waals surface area contributed by atoms with E-state index in [2.05, 4.69) is 31.3 Å². The summed E-state index contributed by atoms with van der Waals surface area (Å²) in [4.78, 5) is 0. The molecule has 0 spiro atoms. The van der Waals surface area contributed by atoms with Crippen LogP contribution in [0.5, 0.6) is 0 Å². The van der Waals surface area contributed by atoms with E-state index >= 15 is 0 Å². The molecule has 66 valence electrons. The SMILES string of the molecule is CCCC=CCCNCCC. The molecule has 0 aliphatic carbocycles. The third-order valence-electron chi connectivity index (χ3n) is 1.54. The fourth-order valence-corrected chi connectivity index (χ4v) is 0.890. The number of hydrogen-bond acceptors (Lipinski definition) is 1. The van der Waals surface area contributed by atoms with Crippen LogP contribution in [0.15, 0.2) is 12.2 Å². The summed E-state index contributed by atoms with van der Waals surface area (Å²) in [6.45, 7) is 6.69. The summed E-state index contributed by atoms with van der Waals surface area (Å²) in [5.74, 6) is 0. The second-order valence-corrected chi connectivity index (χ2v) is 2.80. The Morgan fingerprint density at radius 2 is 1.64 bits per heavy atom. The molecule has 0 bridgehead atoms. The summed E-state index contributed by atoms with van der Waals surface area (Å²) in [7, 11) is 0. The van der Waals surface area contributed by atoms with Crippen molar-refractivity contribution >= 4 is 0 Å². The fraction of sp³-hybridized carbons (Fsp3) is 0.800. The molecule has 0 aromatic heterocycles. The zero-order valence-electron chi connectivity index (χ0n) is 7.90. The van der Waals surface area contributed by atoms with Crippen LogP contribution in [0.1, 0.15) is 39.5 Å². The Kier molecular flexibility index (Phi) is 9.44. The van der Waals surface area contributed by atoms with Crippen molar-refractivity contribution in [1.29, 1.82) is 0 Å². The molecule has 0 amide bonds. The van der Waals surface area contributed by atoms with Gasteiger partial charge in [0.2, 0.25) is 0 Å². The van der Waals surface area contributed by atoms with E-state index in [0.29, 0.717) is 0 Å². The largest absolute Gasteiger partial charge is 0.316 e. The topological polar surface area (TPSA) is 12.0 Å². The summed E-state index contributed by atoms with van der Waals surface area (Å²) in [5.41, 5.74) is 0. The van der Waals surface area contributed by atoms with E-state index < -0.39 is 0 Å². The number of allylic oxidation sites excluding steroid dienone is 1. The second kappa shape index (κ2) is 9.70. The van der Waals surface area contributed by atoms with Crippen molar-refractivity contribution < 1.29 is 0 Å². The highest BCUT2D eigenvalue weighted by atomic mass is 14.8. The van der Waals surface area contributed by atoms with E-state index in [1.54, 1.807) is 0 Å². The molecule has 0 unspecified atom stereocenters. The van der Waals surface area contributed by atoms with Gasteiger partial charge in [-0.1, -0.05) is 32.4 Å². The van der Waals surface area contributed by atoms with Crippen molar-refractivity contribution in [2.24, 2.45) is 0 Å². The van der Waals surface area contributed by atoms with Gasteiger partial charge in [0.25, 0.3) is 0 Å². The van der Waals surface area contributed by atoms with Crippen LogP contribution in [-0.2, 0) is 0 Å². The normalized spacial score (nSPS) is 11.1. The number of nitrogens with one attached hydrogen (secondary N) is 1. The van der Waals surface area contributed by atoms with E-state index in [0.717, 1.165) is 13.1 Å². The van der Waals surface area contributed by atoms with Crippen molar-refractivity contribution in [3.05, 3.63) is 12.2 Å². The van der Waals surface area contributed by atoms with E-state index in [-0.39, 0.29) is 0 Å². The standard InChI is InChI=1S/C10H21N/c1-3-5-6-7-8-10-11-9-4-2/h6-7,11H,3-5,8-10H2,1-2H3. The minimum absolute atomic E-state index is 1.13. The smallest absolute Gasteiger partial charge is 0.00143 e. The molecule has 0 heterocycles. The molecule has 1 nitrogen and oxygen atoms in total. The minimum atomic E-state index is 1.13. The predicted molar refractivity (Wildman–Crippen MR) is 51.8 cm³/mol. The molecule has 0 aliphatic heterocycles. The first-order valence-corrected chi connectivity index (χ1v) is 4.77. The lowest BCUT2D eigenvalue weighted by Gasteiger charge is -1.97. The molecule has 0 fully saturated rings. The fourth-order valence-electron chi connectivity index (χ4n) is 0.890. The Labute approximate surface area is 70.9 Å². The van der Waals surface area contributed by atoms with Crippen LogP contribution in [0, 0.1) is 0 Å².